The Balaban J connectivity index is 3.47. The Morgan fingerprint density at radius 2 is 0.482 bits per heavy atom. The van der Waals surface area contributed by atoms with Gasteiger partial charge in [0, 0.05) is 0 Å². The van der Waals surface area contributed by atoms with Crippen molar-refractivity contribution in [3.63, 3.8) is 0 Å². The van der Waals surface area contributed by atoms with Gasteiger partial charge in [-0.3, -0.25) is 0 Å². The van der Waals surface area contributed by atoms with Crippen LogP contribution in [0.5, 0.6) is 0 Å². The Hall–Kier alpha value is -2.08. The number of hydrogen-bond acceptors (Lipinski definition) is 0. The van der Waals surface area contributed by atoms with Crippen molar-refractivity contribution < 1.29 is 0 Å². The third-order valence-corrected chi connectivity index (χ3v) is 11.5. The van der Waals surface area contributed by atoms with Gasteiger partial charge in [-0.15, -0.1) is 0 Å². The standard InChI is InChI=1S/C56H95/c1-6-11-16-21-26-31-36-41-46-52-51-53(47-42-37-32-27-22-17-12-7-2)55(49-44-39-34-29-24-19-14-9-4)56(50-45-40-35-30-25-20-15-10-5)54(52)48-43-38-33-28-23-18-13-8-3/h31-40H,6-30,41-50H2,1-5H3/b36-31+,37-32+,38-33+,39-34+,40-35+. The molecule has 0 saturated heterocycles. The number of benzene rings is 1. The first-order chi connectivity index (χ1) is 27.7. The smallest absolute Gasteiger partial charge is 0.0108 e. The van der Waals surface area contributed by atoms with Crippen molar-refractivity contribution in [3.8, 4) is 0 Å². The van der Waals surface area contributed by atoms with Crippen LogP contribution in [-0.4, -0.2) is 0 Å². The minimum Gasteiger partial charge on any atom is -0.0885 e. The molecule has 1 rings (SSSR count). The number of allylic oxidation sites excluding steroid dienone is 10. The molecule has 0 aliphatic rings. The lowest BCUT2D eigenvalue weighted by atomic mass is 9.82. The highest BCUT2D eigenvalue weighted by molar-refractivity contribution is 5.47. The average Bonchev–Trinajstić information content (AvgIpc) is 3.21. The maximum Gasteiger partial charge on any atom is -0.0108 e. The zero-order valence-corrected chi connectivity index (χ0v) is 38.5. The molecule has 0 spiro atoms. The summed E-state index contributed by atoms with van der Waals surface area (Å²) in [7, 11) is 0. The quantitative estimate of drug-likeness (QED) is 0.0461. The molecular formula is C56H95. The van der Waals surface area contributed by atoms with Crippen molar-refractivity contribution >= 4 is 0 Å². The Morgan fingerprint density at radius 3 is 0.750 bits per heavy atom. The Morgan fingerprint density at radius 1 is 0.250 bits per heavy atom. The molecule has 1 aromatic rings. The summed E-state index contributed by atoms with van der Waals surface area (Å²) in [5.41, 5.74) is 8.07. The zero-order valence-electron chi connectivity index (χ0n) is 38.5. The second-order valence-electron chi connectivity index (χ2n) is 16.8. The molecule has 0 unspecified atom stereocenters. The van der Waals surface area contributed by atoms with Crippen molar-refractivity contribution in [3.05, 3.63) is 94.6 Å². The summed E-state index contributed by atoms with van der Waals surface area (Å²) in [6.45, 7) is 11.6. The summed E-state index contributed by atoms with van der Waals surface area (Å²) < 4.78 is 0. The fraction of sp³-hybridized carbons (Fsp3) is 0.714. The first kappa shape index (κ1) is 51.9. The minimum absolute atomic E-state index is 1.13. The molecule has 0 fully saturated rings. The van der Waals surface area contributed by atoms with Crippen LogP contribution >= 0.6 is 0 Å². The van der Waals surface area contributed by atoms with Crippen molar-refractivity contribution in [2.45, 2.75) is 259 Å². The molecule has 0 bridgehead atoms. The molecule has 0 amide bonds. The van der Waals surface area contributed by atoms with Gasteiger partial charge in [-0.05, 0) is 162 Å². The highest BCUT2D eigenvalue weighted by Gasteiger charge is 2.17. The summed E-state index contributed by atoms with van der Waals surface area (Å²) in [5, 5.41) is 0. The van der Waals surface area contributed by atoms with Gasteiger partial charge in [-0.25, -0.2) is 0 Å². The lowest BCUT2D eigenvalue weighted by Crippen LogP contribution is -2.10. The van der Waals surface area contributed by atoms with Crippen LogP contribution in [0.3, 0.4) is 0 Å². The fourth-order valence-corrected chi connectivity index (χ4v) is 7.97. The molecule has 0 nitrogen and oxygen atoms in total. The van der Waals surface area contributed by atoms with E-state index in [1.165, 1.54) is 178 Å². The van der Waals surface area contributed by atoms with Gasteiger partial charge in [0.25, 0.3) is 0 Å². The predicted octanol–water partition coefficient (Wildman–Crippen LogP) is 18.8. The van der Waals surface area contributed by atoms with Gasteiger partial charge in [-0.2, -0.15) is 0 Å². The molecule has 0 saturated carbocycles. The van der Waals surface area contributed by atoms with Crippen LogP contribution in [0.4, 0.5) is 0 Å². The maximum atomic E-state index is 4.21. The monoisotopic (exact) mass is 768 g/mol. The summed E-state index contributed by atoms with van der Waals surface area (Å²) in [5.74, 6) is 0. The van der Waals surface area contributed by atoms with E-state index in [2.05, 4.69) is 101 Å². The van der Waals surface area contributed by atoms with Crippen LogP contribution in [0.2, 0.25) is 0 Å². The zero-order chi connectivity index (χ0) is 40.4. The molecule has 0 heteroatoms. The van der Waals surface area contributed by atoms with Crippen molar-refractivity contribution in [2.24, 2.45) is 0 Å². The molecule has 0 aromatic heterocycles. The van der Waals surface area contributed by atoms with E-state index in [1.807, 2.05) is 0 Å². The molecule has 0 aliphatic carbocycles. The van der Waals surface area contributed by atoms with E-state index in [0.717, 1.165) is 57.8 Å². The molecule has 0 N–H and O–H groups in total. The lowest BCUT2D eigenvalue weighted by molar-refractivity contribution is 0.673. The normalized spacial score (nSPS) is 12.4. The molecule has 1 radical (unpaired) electrons. The van der Waals surface area contributed by atoms with Crippen molar-refractivity contribution in [2.75, 3.05) is 0 Å². The number of unbranched alkanes of at least 4 members (excludes halogenated alkanes) is 20. The first-order valence-corrected chi connectivity index (χ1v) is 25.1. The molecule has 56 heavy (non-hydrogen) atoms. The van der Waals surface area contributed by atoms with Crippen molar-refractivity contribution in [1.29, 1.82) is 0 Å². The third-order valence-electron chi connectivity index (χ3n) is 11.5. The van der Waals surface area contributed by atoms with Crippen molar-refractivity contribution in [1.82, 2.24) is 0 Å². The second kappa shape index (κ2) is 41.1. The first-order valence-electron chi connectivity index (χ1n) is 25.1. The molecule has 0 atom stereocenters. The Kier molecular flexibility index (Phi) is 38.1. The summed E-state index contributed by atoms with van der Waals surface area (Å²) in [4.78, 5) is 0. The Bertz CT molecular complexity index is 1060. The van der Waals surface area contributed by atoms with Gasteiger partial charge in [0.15, 0.2) is 0 Å². The van der Waals surface area contributed by atoms with Gasteiger partial charge in [0.2, 0.25) is 0 Å². The summed E-state index contributed by atoms with van der Waals surface area (Å²) in [6.07, 6.45) is 69.5. The minimum atomic E-state index is 1.13. The van der Waals surface area contributed by atoms with E-state index in [0.29, 0.717) is 0 Å². The number of rotatable bonds is 40. The molecular weight excluding hydrogens is 673 g/mol. The van der Waals surface area contributed by atoms with Crippen LogP contribution in [0, 0.1) is 6.07 Å². The van der Waals surface area contributed by atoms with Crippen LogP contribution in [-0.2, 0) is 32.1 Å². The number of hydrogen-bond donors (Lipinski definition) is 0. The lowest BCUT2D eigenvalue weighted by Gasteiger charge is -2.22. The molecule has 0 aliphatic heterocycles. The largest absolute Gasteiger partial charge is 0.0885 e. The summed E-state index contributed by atoms with van der Waals surface area (Å²) >= 11 is 0. The van der Waals surface area contributed by atoms with Gasteiger partial charge in [0.05, 0.1) is 0 Å². The van der Waals surface area contributed by atoms with Gasteiger partial charge in [-0.1, -0.05) is 192 Å². The van der Waals surface area contributed by atoms with Gasteiger partial charge >= 0.3 is 0 Å². The maximum absolute atomic E-state index is 4.21. The highest BCUT2D eigenvalue weighted by Crippen LogP contribution is 2.30. The topological polar surface area (TPSA) is 0 Å². The number of aryl methyl sites for hydroxylation is 2. The molecule has 0 heterocycles. The molecule has 1 aromatic carbocycles. The predicted molar refractivity (Wildman–Crippen MR) is 256 cm³/mol. The van der Waals surface area contributed by atoms with Crippen LogP contribution in [0.15, 0.2) is 60.8 Å². The second-order valence-corrected chi connectivity index (χ2v) is 16.8. The van der Waals surface area contributed by atoms with Crippen LogP contribution < -0.4 is 0 Å². The highest BCUT2D eigenvalue weighted by atomic mass is 14.2. The van der Waals surface area contributed by atoms with Crippen LogP contribution in [0.25, 0.3) is 0 Å². The van der Waals surface area contributed by atoms with E-state index in [-0.39, 0.29) is 0 Å². The van der Waals surface area contributed by atoms with Crippen LogP contribution in [0.1, 0.15) is 255 Å². The van der Waals surface area contributed by atoms with E-state index in [4.69, 9.17) is 0 Å². The van der Waals surface area contributed by atoms with E-state index in [1.54, 1.807) is 16.7 Å². The summed E-state index contributed by atoms with van der Waals surface area (Å²) in [6, 6.07) is 4.21. The SMILES string of the molecule is CCCCCC/C=C/CCc1[c]c(CC/C=C/CCCCCC)c(CC/C=C/CCCCCC)c(CC/C=C/CCCCCC)c1CC/C=C/CCCCCC. The fourth-order valence-electron chi connectivity index (χ4n) is 7.97. The average molecular weight is 768 g/mol. The van der Waals surface area contributed by atoms with E-state index < -0.39 is 0 Å². The Labute approximate surface area is 352 Å². The third kappa shape index (κ3) is 29.2. The van der Waals surface area contributed by atoms with E-state index in [9.17, 15) is 0 Å². The van der Waals surface area contributed by atoms with E-state index >= 15 is 0 Å². The molecule has 319 valence electrons. The van der Waals surface area contributed by atoms with Gasteiger partial charge < -0.3 is 0 Å². The van der Waals surface area contributed by atoms with Gasteiger partial charge in [0.1, 0.15) is 0 Å².